The van der Waals surface area contributed by atoms with E-state index in [2.05, 4.69) is 48.5 Å². The Kier molecular flexibility index (Phi) is 6.73. The maximum absolute atomic E-state index is 6.10. The lowest BCUT2D eigenvalue weighted by atomic mass is 9.73. The summed E-state index contributed by atoms with van der Waals surface area (Å²) in [6, 6.07) is 17.3. The van der Waals surface area contributed by atoms with E-state index in [0.717, 1.165) is 63.6 Å². The maximum Gasteiger partial charge on any atom is 0.119 e. The molecule has 6 rings (SSSR count). The van der Waals surface area contributed by atoms with Crippen molar-refractivity contribution in [2.45, 2.75) is 56.0 Å². The lowest BCUT2D eigenvalue weighted by Crippen LogP contribution is -2.27. The van der Waals surface area contributed by atoms with Crippen LogP contribution >= 0.6 is 0 Å². The average Bonchev–Trinajstić information content (AvgIpc) is 3.73. The largest absolute Gasteiger partial charge is 0.491 e. The Labute approximate surface area is 201 Å². The van der Waals surface area contributed by atoms with Gasteiger partial charge in [-0.3, -0.25) is 0 Å². The third-order valence-corrected chi connectivity index (χ3v) is 7.27. The molecule has 0 bridgehead atoms. The molecular weight excluding hydrogens is 432 g/mol. The van der Waals surface area contributed by atoms with Crippen molar-refractivity contribution in [2.75, 3.05) is 39.6 Å². The summed E-state index contributed by atoms with van der Waals surface area (Å²) in [7, 11) is 0. The van der Waals surface area contributed by atoms with Gasteiger partial charge in [0.25, 0.3) is 0 Å². The van der Waals surface area contributed by atoms with Crippen LogP contribution in [0.5, 0.6) is 11.5 Å². The molecule has 3 atom stereocenters. The van der Waals surface area contributed by atoms with Gasteiger partial charge in [0.2, 0.25) is 0 Å². The third kappa shape index (κ3) is 6.11. The molecule has 0 N–H and O–H groups in total. The van der Waals surface area contributed by atoms with E-state index in [-0.39, 0.29) is 12.2 Å². The van der Waals surface area contributed by atoms with E-state index >= 15 is 0 Å². The van der Waals surface area contributed by atoms with Crippen molar-refractivity contribution in [1.82, 2.24) is 0 Å². The van der Waals surface area contributed by atoms with Crippen molar-refractivity contribution in [3.63, 3.8) is 0 Å². The summed E-state index contributed by atoms with van der Waals surface area (Å²) in [5, 5.41) is 0. The summed E-state index contributed by atoms with van der Waals surface area (Å²) < 4.78 is 33.7. The Morgan fingerprint density at radius 3 is 1.50 bits per heavy atom. The summed E-state index contributed by atoms with van der Waals surface area (Å²) in [6.07, 6.45) is 5.78. The minimum Gasteiger partial charge on any atom is -0.491 e. The van der Waals surface area contributed by atoms with Crippen molar-refractivity contribution in [3.05, 3.63) is 59.7 Å². The van der Waals surface area contributed by atoms with Crippen molar-refractivity contribution >= 4 is 0 Å². The number of epoxide rings is 3. The second-order valence-electron chi connectivity index (χ2n) is 9.97. The van der Waals surface area contributed by atoms with E-state index in [1.807, 2.05) is 0 Å². The predicted molar refractivity (Wildman–Crippen MR) is 127 cm³/mol. The SMILES string of the molecule is c1cc(C(c2ccc(OCC3CO3)cc2)C2CCC(OCC3CO3)CC2)ccc1OCC1CO1. The number of benzene rings is 2. The first-order valence-electron chi connectivity index (χ1n) is 12.7. The monoisotopic (exact) mass is 466 g/mol. The van der Waals surface area contributed by atoms with E-state index in [0.29, 0.717) is 37.3 Å². The molecule has 0 spiro atoms. The fourth-order valence-electron chi connectivity index (χ4n) is 4.98. The van der Waals surface area contributed by atoms with E-state index < -0.39 is 0 Å². The Bertz CT molecular complexity index is 849. The molecule has 0 radical (unpaired) electrons. The molecular formula is C28H34O6. The normalized spacial score (nSPS) is 30.4. The Balaban J connectivity index is 1.14. The molecule has 4 aliphatic rings. The molecule has 182 valence electrons. The van der Waals surface area contributed by atoms with Gasteiger partial charge in [0.1, 0.15) is 43.0 Å². The van der Waals surface area contributed by atoms with Gasteiger partial charge in [0, 0.05) is 5.92 Å². The van der Waals surface area contributed by atoms with Gasteiger partial charge in [-0.1, -0.05) is 24.3 Å². The first kappa shape index (κ1) is 22.4. The number of ether oxygens (including phenoxy) is 6. The van der Waals surface area contributed by atoms with Crippen LogP contribution in [0.15, 0.2) is 48.5 Å². The fourth-order valence-corrected chi connectivity index (χ4v) is 4.98. The highest BCUT2D eigenvalue weighted by Crippen LogP contribution is 2.42. The molecule has 3 saturated heterocycles. The quantitative estimate of drug-likeness (QED) is 0.434. The van der Waals surface area contributed by atoms with E-state index in [9.17, 15) is 0 Å². The molecule has 2 aromatic rings. The summed E-state index contributed by atoms with van der Waals surface area (Å²) in [5.74, 6) is 2.73. The van der Waals surface area contributed by atoms with Crippen molar-refractivity contribution in [2.24, 2.45) is 5.92 Å². The molecule has 3 unspecified atom stereocenters. The molecule has 1 saturated carbocycles. The predicted octanol–water partition coefficient (Wildman–Crippen LogP) is 4.35. The molecule has 1 aliphatic carbocycles. The molecule has 34 heavy (non-hydrogen) atoms. The maximum atomic E-state index is 6.10. The van der Waals surface area contributed by atoms with Crippen LogP contribution in [0.1, 0.15) is 42.7 Å². The third-order valence-electron chi connectivity index (χ3n) is 7.27. The minimum absolute atomic E-state index is 0.267. The Morgan fingerprint density at radius 1 is 0.618 bits per heavy atom. The van der Waals surface area contributed by atoms with Gasteiger partial charge >= 0.3 is 0 Å². The van der Waals surface area contributed by atoms with Crippen molar-refractivity contribution in [1.29, 1.82) is 0 Å². The molecule has 2 aromatic carbocycles. The van der Waals surface area contributed by atoms with Gasteiger partial charge in [-0.05, 0) is 67.0 Å². The number of rotatable bonds is 12. The van der Waals surface area contributed by atoms with Gasteiger partial charge in [-0.2, -0.15) is 0 Å². The van der Waals surface area contributed by atoms with Gasteiger partial charge in [-0.15, -0.1) is 0 Å². The first-order chi connectivity index (χ1) is 16.8. The summed E-state index contributed by atoms with van der Waals surface area (Å²) in [6.45, 7) is 4.50. The zero-order valence-corrected chi connectivity index (χ0v) is 19.6. The molecule has 6 heteroatoms. The molecule has 4 fully saturated rings. The van der Waals surface area contributed by atoms with E-state index in [1.54, 1.807) is 0 Å². The number of hydrogen-bond donors (Lipinski definition) is 0. The van der Waals surface area contributed by atoms with E-state index in [4.69, 9.17) is 28.4 Å². The molecule has 0 amide bonds. The Morgan fingerprint density at radius 2 is 1.06 bits per heavy atom. The van der Waals surface area contributed by atoms with Crippen molar-refractivity contribution in [3.8, 4) is 11.5 Å². The zero-order chi connectivity index (χ0) is 22.7. The van der Waals surface area contributed by atoms with Crippen LogP contribution < -0.4 is 9.47 Å². The van der Waals surface area contributed by atoms with Crippen LogP contribution in [-0.2, 0) is 18.9 Å². The van der Waals surface area contributed by atoms with Crippen LogP contribution in [0.2, 0.25) is 0 Å². The van der Waals surface area contributed by atoms with Crippen LogP contribution in [0.4, 0.5) is 0 Å². The average molecular weight is 467 g/mol. The zero-order valence-electron chi connectivity index (χ0n) is 19.6. The number of hydrogen-bond acceptors (Lipinski definition) is 6. The summed E-state index contributed by atoms with van der Waals surface area (Å²) in [4.78, 5) is 0. The topological polar surface area (TPSA) is 65.3 Å². The van der Waals surface area contributed by atoms with Crippen LogP contribution in [0.25, 0.3) is 0 Å². The van der Waals surface area contributed by atoms with Crippen LogP contribution in [-0.4, -0.2) is 64.1 Å². The van der Waals surface area contributed by atoms with Crippen LogP contribution in [0.3, 0.4) is 0 Å². The first-order valence-corrected chi connectivity index (χ1v) is 12.7. The van der Waals surface area contributed by atoms with E-state index in [1.165, 1.54) is 11.1 Å². The molecule has 0 aromatic heterocycles. The highest BCUT2D eigenvalue weighted by molar-refractivity contribution is 5.39. The standard InChI is InChI=1S/C28H34O6/c1-7-22(29-13-25-16-32-25)8-2-19(1)28(20-3-9-23(10-4-20)30-14-26-17-33-26)21-5-11-24(12-6-21)31-15-27-18-34-27/h1-4,7-10,21,24-28H,5-6,11-18H2. The van der Waals surface area contributed by atoms with Crippen LogP contribution in [0, 0.1) is 5.92 Å². The second kappa shape index (κ2) is 10.2. The molecule has 3 aliphatic heterocycles. The second-order valence-corrected chi connectivity index (χ2v) is 9.97. The van der Waals surface area contributed by atoms with Gasteiger partial charge < -0.3 is 28.4 Å². The molecule has 6 nitrogen and oxygen atoms in total. The highest BCUT2D eigenvalue weighted by atomic mass is 16.6. The summed E-state index contributed by atoms with van der Waals surface area (Å²) in [5.41, 5.74) is 2.68. The van der Waals surface area contributed by atoms with Crippen molar-refractivity contribution < 1.29 is 28.4 Å². The smallest absolute Gasteiger partial charge is 0.119 e. The van der Waals surface area contributed by atoms with Gasteiger partial charge in [-0.25, -0.2) is 0 Å². The highest BCUT2D eigenvalue weighted by Gasteiger charge is 2.32. The minimum atomic E-state index is 0.267. The molecule has 3 heterocycles. The lowest BCUT2D eigenvalue weighted by molar-refractivity contribution is 0.00894. The summed E-state index contributed by atoms with van der Waals surface area (Å²) >= 11 is 0. The Hall–Kier alpha value is -2.12. The fraction of sp³-hybridized carbons (Fsp3) is 0.571. The van der Waals surface area contributed by atoms with Gasteiger partial charge in [0.15, 0.2) is 0 Å². The lowest BCUT2D eigenvalue weighted by Gasteiger charge is -2.34. The van der Waals surface area contributed by atoms with Gasteiger partial charge in [0.05, 0.1) is 32.5 Å².